The molecule has 430 valence electrons. The number of nitrogens with zero attached hydrogens (tertiary/aromatic N) is 1. The standard InChI is InChI=1S/C61H78N6O11S2/c1-11-40(5)49(60(7,8)50-28-20-42(12-2)35-41(50)6)29-21-44(22-31-54-61(9,10)51-30-27-48(80(75,76)77)37-53(51)67(54)33-14-34-79(72,73)74)36-43-18-25-47(26-19-43)78-38-45-16-23-46(24-17-45)65-57(69)52(15-13-32-64-59(63)71)66-58(70)55(39(3)4)56(62)68/h16-31,35-37,39,52,55H,11-15,32-34,38H2,1-10H3,(H8-,62,63,64,65,66,68,69,70,71,72,73,74,75,76,77)/p+1/b29-21+,31-22+,44-36-,49-40?. The molecule has 80 heavy (non-hydrogen) atoms. The number of nitrogens with two attached hydrogens (primary N) is 2. The van der Waals surface area contributed by atoms with Crippen molar-refractivity contribution in [2.75, 3.05) is 24.2 Å². The zero-order valence-corrected chi connectivity index (χ0v) is 49.2. The molecule has 0 aliphatic carbocycles. The second kappa shape index (κ2) is 27.3. The third-order valence-corrected chi connectivity index (χ3v) is 16.2. The maximum atomic E-state index is 13.5. The largest absolute Gasteiger partial charge is 0.489 e. The summed E-state index contributed by atoms with van der Waals surface area (Å²) in [4.78, 5) is 49.5. The maximum absolute atomic E-state index is 13.5. The number of benzene rings is 4. The molecule has 5 rings (SSSR count). The molecule has 5 amide bonds. The molecule has 1 aliphatic rings. The van der Waals surface area contributed by atoms with E-state index in [4.69, 9.17) is 16.2 Å². The van der Waals surface area contributed by atoms with Crippen molar-refractivity contribution in [3.05, 3.63) is 159 Å². The summed E-state index contributed by atoms with van der Waals surface area (Å²) in [6.07, 6.45) is 12.4. The molecule has 9 N–H and O–H groups in total. The highest BCUT2D eigenvalue weighted by atomic mass is 32.2. The van der Waals surface area contributed by atoms with Gasteiger partial charge in [-0.3, -0.25) is 23.5 Å². The van der Waals surface area contributed by atoms with E-state index in [1.165, 1.54) is 34.4 Å². The van der Waals surface area contributed by atoms with Crippen LogP contribution in [0.15, 0.2) is 131 Å². The van der Waals surface area contributed by atoms with Crippen LogP contribution >= 0.6 is 0 Å². The molecule has 0 bridgehead atoms. The van der Waals surface area contributed by atoms with E-state index in [9.17, 15) is 45.1 Å². The average molecular weight is 1140 g/mol. The number of carbonyl (C=O) groups is 4. The molecule has 2 atom stereocenters. The van der Waals surface area contributed by atoms with Crippen molar-refractivity contribution in [2.45, 2.75) is 130 Å². The van der Waals surface area contributed by atoms with Gasteiger partial charge in [-0.05, 0) is 147 Å². The van der Waals surface area contributed by atoms with Crippen LogP contribution in [0.4, 0.5) is 16.2 Å². The minimum absolute atomic E-state index is 0.0326. The number of hydrogen-bond acceptors (Lipinski definition) is 9. The SMILES string of the molecule is CCC(C)=C(/C=C/C(=C/c1ccc(OCc2ccc(NC(=O)C(CCCNC(N)=O)NC(=O)C(C(N)=O)C(C)C)cc2)cc1)/C=C/C1=[N+](CCCS(=O)(=O)O)c2cc(S(=O)(=O)O)ccc2C1(C)C)C(C)(C)c1ccc(CC)cc1C. The van der Waals surface area contributed by atoms with E-state index in [2.05, 4.69) is 87.8 Å². The van der Waals surface area contributed by atoms with E-state index in [0.29, 0.717) is 23.5 Å². The molecule has 1 aliphatic heterocycles. The van der Waals surface area contributed by atoms with Crippen molar-refractivity contribution in [2.24, 2.45) is 23.3 Å². The molecule has 0 aromatic heterocycles. The molecule has 0 saturated heterocycles. The lowest BCUT2D eigenvalue weighted by molar-refractivity contribution is -0.437. The number of nitrogens with one attached hydrogen (secondary N) is 3. The highest BCUT2D eigenvalue weighted by Crippen LogP contribution is 2.42. The summed E-state index contributed by atoms with van der Waals surface area (Å²) in [5.74, 6) is -3.48. The van der Waals surface area contributed by atoms with Crippen molar-refractivity contribution < 1.29 is 54.4 Å². The topological polar surface area (TPSA) is 277 Å². The van der Waals surface area contributed by atoms with Crippen molar-refractivity contribution >= 4 is 67.2 Å². The minimum atomic E-state index is -4.58. The fourth-order valence-electron chi connectivity index (χ4n) is 10.1. The zero-order valence-electron chi connectivity index (χ0n) is 47.6. The summed E-state index contributed by atoms with van der Waals surface area (Å²) in [6.45, 7) is 20.9. The Morgan fingerprint density at radius 2 is 1.50 bits per heavy atom. The number of aryl methyl sites for hydroxylation is 2. The second-order valence-corrected chi connectivity index (χ2v) is 24.6. The fraction of sp³-hybridized carbons (Fsp3) is 0.393. The van der Waals surface area contributed by atoms with Gasteiger partial charge in [-0.25, -0.2) is 4.79 Å². The molecular formula is C61H79N6O11S2+. The monoisotopic (exact) mass is 1140 g/mol. The van der Waals surface area contributed by atoms with E-state index >= 15 is 0 Å². The quantitative estimate of drug-likeness (QED) is 0.00970. The Labute approximate surface area is 472 Å². The van der Waals surface area contributed by atoms with Crippen LogP contribution in [-0.4, -0.2) is 84.9 Å². The number of hydrogen-bond donors (Lipinski definition) is 7. The molecule has 0 saturated carbocycles. The van der Waals surface area contributed by atoms with Crippen molar-refractivity contribution in [1.82, 2.24) is 10.6 Å². The van der Waals surface area contributed by atoms with Crippen LogP contribution < -0.4 is 32.2 Å². The Bertz CT molecular complexity index is 3320. The number of amides is 5. The number of ether oxygens (including phenoxy) is 1. The normalized spacial score (nSPS) is 14.9. The first-order valence-corrected chi connectivity index (χ1v) is 29.9. The first-order valence-electron chi connectivity index (χ1n) is 26.8. The predicted molar refractivity (Wildman–Crippen MR) is 315 cm³/mol. The second-order valence-electron chi connectivity index (χ2n) is 21.6. The Morgan fingerprint density at radius 3 is 2.08 bits per heavy atom. The average Bonchev–Trinajstić information content (AvgIpc) is 3.90. The van der Waals surface area contributed by atoms with Gasteiger partial charge in [0.1, 0.15) is 35.8 Å². The minimum Gasteiger partial charge on any atom is -0.489 e. The van der Waals surface area contributed by atoms with Crippen molar-refractivity contribution in [1.29, 1.82) is 0 Å². The summed E-state index contributed by atoms with van der Waals surface area (Å²) >= 11 is 0. The van der Waals surface area contributed by atoms with Gasteiger partial charge in [0.2, 0.25) is 23.4 Å². The van der Waals surface area contributed by atoms with Gasteiger partial charge in [0.05, 0.1) is 11.2 Å². The summed E-state index contributed by atoms with van der Waals surface area (Å²) < 4.78 is 76.1. The van der Waals surface area contributed by atoms with Gasteiger partial charge in [0.15, 0.2) is 5.71 Å². The molecule has 19 heteroatoms. The van der Waals surface area contributed by atoms with E-state index in [0.717, 1.165) is 46.4 Å². The van der Waals surface area contributed by atoms with Gasteiger partial charge in [-0.15, -0.1) is 0 Å². The maximum Gasteiger partial charge on any atom is 0.312 e. The van der Waals surface area contributed by atoms with Gasteiger partial charge in [-0.1, -0.05) is 102 Å². The Hall–Kier alpha value is -7.19. The first kappa shape index (κ1) is 63.6. The molecule has 4 aromatic carbocycles. The highest BCUT2D eigenvalue weighted by molar-refractivity contribution is 7.86. The molecular weight excluding hydrogens is 1060 g/mol. The van der Waals surface area contributed by atoms with Crippen molar-refractivity contribution in [3.63, 3.8) is 0 Å². The Balaban J connectivity index is 1.46. The number of anilines is 1. The van der Waals surface area contributed by atoms with Crippen LogP contribution in [0.3, 0.4) is 0 Å². The predicted octanol–water partition coefficient (Wildman–Crippen LogP) is 9.57. The molecule has 4 aromatic rings. The Kier molecular flexibility index (Phi) is 21.7. The lowest BCUT2D eigenvalue weighted by Crippen LogP contribution is -2.50. The van der Waals surface area contributed by atoms with Crippen LogP contribution in [0, 0.1) is 18.8 Å². The van der Waals surface area contributed by atoms with E-state index < -0.39 is 73.0 Å². The summed E-state index contributed by atoms with van der Waals surface area (Å²) in [6, 6.07) is 23.8. The number of fused-ring (bicyclic) bond motifs is 1. The van der Waals surface area contributed by atoms with Gasteiger partial charge in [0.25, 0.3) is 20.2 Å². The van der Waals surface area contributed by atoms with Crippen LogP contribution in [0.2, 0.25) is 0 Å². The number of rotatable bonds is 27. The van der Waals surface area contributed by atoms with Gasteiger partial charge in [-0.2, -0.15) is 21.4 Å². The first-order chi connectivity index (χ1) is 37.5. The summed E-state index contributed by atoms with van der Waals surface area (Å²) in [5, 5.41) is 7.93. The van der Waals surface area contributed by atoms with E-state index in [1.807, 2.05) is 60.9 Å². The molecule has 0 radical (unpaired) electrons. The summed E-state index contributed by atoms with van der Waals surface area (Å²) in [5.41, 5.74) is 20.5. The number of primary amides is 2. The molecule has 0 fully saturated rings. The lowest BCUT2D eigenvalue weighted by atomic mass is 9.73. The highest BCUT2D eigenvalue weighted by Gasteiger charge is 2.45. The fourth-order valence-corrected chi connectivity index (χ4v) is 11.1. The zero-order chi connectivity index (χ0) is 59.3. The third-order valence-electron chi connectivity index (χ3n) is 14.6. The number of allylic oxidation sites excluding steroid dienone is 7. The van der Waals surface area contributed by atoms with Crippen LogP contribution in [0.5, 0.6) is 5.75 Å². The van der Waals surface area contributed by atoms with E-state index in [1.54, 1.807) is 44.2 Å². The van der Waals surface area contributed by atoms with Gasteiger partial charge >= 0.3 is 6.03 Å². The van der Waals surface area contributed by atoms with Gasteiger partial charge in [0, 0.05) is 41.8 Å². The number of urea groups is 1. The van der Waals surface area contributed by atoms with Crippen LogP contribution in [-0.2, 0) is 58.5 Å². The lowest BCUT2D eigenvalue weighted by Gasteiger charge is -2.31. The molecule has 0 spiro atoms. The molecule has 2 unspecified atom stereocenters. The van der Waals surface area contributed by atoms with E-state index in [-0.39, 0.29) is 42.8 Å². The van der Waals surface area contributed by atoms with Crippen LogP contribution in [0.25, 0.3) is 6.08 Å². The molecule has 1 heterocycles. The Morgan fingerprint density at radius 1 is 0.838 bits per heavy atom. The summed E-state index contributed by atoms with van der Waals surface area (Å²) in [7, 11) is -8.88. The third kappa shape index (κ3) is 17.2. The smallest absolute Gasteiger partial charge is 0.312 e. The number of carbonyl (C=O) groups excluding carboxylic acids is 4. The van der Waals surface area contributed by atoms with Crippen LogP contribution in [0.1, 0.15) is 121 Å². The molecule has 17 nitrogen and oxygen atoms in total. The van der Waals surface area contributed by atoms with Gasteiger partial charge < -0.3 is 32.2 Å². The van der Waals surface area contributed by atoms with Crippen molar-refractivity contribution in [3.8, 4) is 5.75 Å².